The molecule has 1 fully saturated rings. The Bertz CT molecular complexity index is 1070. The molecule has 1 aliphatic rings. The predicted molar refractivity (Wildman–Crippen MR) is 112 cm³/mol. The van der Waals surface area contributed by atoms with Crippen molar-refractivity contribution in [1.82, 2.24) is 15.3 Å². The highest BCUT2D eigenvalue weighted by atomic mass is 32.1. The van der Waals surface area contributed by atoms with Crippen molar-refractivity contribution in [2.24, 2.45) is 0 Å². The Morgan fingerprint density at radius 2 is 2.04 bits per heavy atom. The Morgan fingerprint density at radius 1 is 1.08 bits per heavy atom. The maximum Gasteiger partial charge on any atom is 0.125 e. The van der Waals surface area contributed by atoms with Crippen molar-refractivity contribution in [2.45, 2.75) is 25.2 Å². The van der Waals surface area contributed by atoms with E-state index in [2.05, 4.69) is 28.5 Å². The fourth-order valence-electron chi connectivity index (χ4n) is 3.71. The average molecular weight is 381 g/mol. The van der Waals surface area contributed by atoms with E-state index in [0.29, 0.717) is 5.92 Å². The van der Waals surface area contributed by atoms with E-state index in [1.807, 2.05) is 29.7 Å². The number of nitrogens with two attached hydrogens (primary N) is 1. The van der Waals surface area contributed by atoms with Gasteiger partial charge < -0.3 is 11.1 Å². The standard InChI is InChI=1S/C20H20N4S2/c21-13-3-4-17-16(10-13)24-20(25-17)14-6-9-23-19-15(14)11-18(26-19)12-2-1-7-22-8-5-12/h3-4,6,9-12,22H,1-2,5,7-8,21H2. The van der Waals surface area contributed by atoms with Crippen LogP contribution < -0.4 is 11.1 Å². The Labute approximate surface area is 160 Å². The Kier molecular flexibility index (Phi) is 4.11. The number of hydrogen-bond donors (Lipinski definition) is 2. The molecular weight excluding hydrogens is 360 g/mol. The molecule has 1 unspecified atom stereocenters. The molecule has 132 valence electrons. The van der Waals surface area contributed by atoms with Gasteiger partial charge in [-0.15, -0.1) is 22.7 Å². The highest BCUT2D eigenvalue weighted by Gasteiger charge is 2.19. The lowest BCUT2D eigenvalue weighted by atomic mass is 9.98. The van der Waals surface area contributed by atoms with Gasteiger partial charge in [0.05, 0.1) is 10.2 Å². The van der Waals surface area contributed by atoms with Crippen molar-refractivity contribution in [3.05, 3.63) is 41.4 Å². The Balaban J connectivity index is 1.60. The number of nitrogen functional groups attached to an aromatic ring is 1. The zero-order valence-electron chi connectivity index (χ0n) is 14.4. The van der Waals surface area contributed by atoms with Gasteiger partial charge in [0, 0.05) is 27.7 Å². The van der Waals surface area contributed by atoms with E-state index in [-0.39, 0.29) is 0 Å². The van der Waals surface area contributed by atoms with Gasteiger partial charge in [0.15, 0.2) is 0 Å². The zero-order chi connectivity index (χ0) is 17.5. The van der Waals surface area contributed by atoms with E-state index >= 15 is 0 Å². The third-order valence-corrected chi connectivity index (χ3v) is 7.35. The second-order valence-corrected chi connectivity index (χ2v) is 8.94. The van der Waals surface area contributed by atoms with E-state index in [9.17, 15) is 0 Å². The highest BCUT2D eigenvalue weighted by Crippen LogP contribution is 2.40. The lowest BCUT2D eigenvalue weighted by Crippen LogP contribution is -2.13. The first kappa shape index (κ1) is 16.2. The molecule has 1 saturated heterocycles. The summed E-state index contributed by atoms with van der Waals surface area (Å²) in [5, 5.41) is 5.79. The van der Waals surface area contributed by atoms with Crippen LogP contribution >= 0.6 is 22.7 Å². The van der Waals surface area contributed by atoms with Crippen molar-refractivity contribution in [3.8, 4) is 10.6 Å². The number of hydrogen-bond acceptors (Lipinski definition) is 6. The Morgan fingerprint density at radius 3 is 3.00 bits per heavy atom. The summed E-state index contributed by atoms with van der Waals surface area (Å²) in [5.74, 6) is 0.646. The monoisotopic (exact) mass is 380 g/mol. The lowest BCUT2D eigenvalue weighted by Gasteiger charge is -2.10. The maximum absolute atomic E-state index is 5.91. The molecule has 0 radical (unpaired) electrons. The number of nitrogens with zero attached hydrogens (tertiary/aromatic N) is 2. The van der Waals surface area contributed by atoms with Crippen molar-refractivity contribution in [1.29, 1.82) is 0 Å². The van der Waals surface area contributed by atoms with Gasteiger partial charge in [-0.2, -0.15) is 0 Å². The van der Waals surface area contributed by atoms with Crippen LogP contribution in [0, 0.1) is 0 Å². The second-order valence-electron chi connectivity index (χ2n) is 6.85. The summed E-state index contributed by atoms with van der Waals surface area (Å²) in [6, 6.07) is 10.4. The summed E-state index contributed by atoms with van der Waals surface area (Å²) in [5.41, 5.74) is 8.83. The van der Waals surface area contributed by atoms with Crippen LogP contribution in [0.15, 0.2) is 36.5 Å². The number of thiophene rings is 1. The van der Waals surface area contributed by atoms with Crippen LogP contribution in [0.5, 0.6) is 0 Å². The van der Waals surface area contributed by atoms with E-state index < -0.39 is 0 Å². The van der Waals surface area contributed by atoms with Gasteiger partial charge in [0.25, 0.3) is 0 Å². The van der Waals surface area contributed by atoms with Crippen LogP contribution in [0.25, 0.3) is 31.0 Å². The molecule has 4 aromatic rings. The third-order valence-electron chi connectivity index (χ3n) is 5.07. The summed E-state index contributed by atoms with van der Waals surface area (Å²) in [4.78, 5) is 12.1. The molecule has 3 N–H and O–H groups in total. The molecule has 0 saturated carbocycles. The van der Waals surface area contributed by atoms with Gasteiger partial charge in [0.2, 0.25) is 0 Å². The van der Waals surface area contributed by atoms with Gasteiger partial charge >= 0.3 is 0 Å². The zero-order valence-corrected chi connectivity index (χ0v) is 16.0. The molecular formula is C20H20N4S2. The van der Waals surface area contributed by atoms with Crippen molar-refractivity contribution >= 4 is 48.8 Å². The van der Waals surface area contributed by atoms with Crippen LogP contribution in [-0.2, 0) is 0 Å². The van der Waals surface area contributed by atoms with Gasteiger partial charge in [-0.1, -0.05) is 0 Å². The summed E-state index contributed by atoms with van der Waals surface area (Å²) in [6.45, 7) is 2.25. The Hall–Kier alpha value is -2.02. The van der Waals surface area contributed by atoms with E-state index in [1.54, 1.807) is 11.3 Å². The van der Waals surface area contributed by atoms with Crippen LogP contribution in [0.2, 0.25) is 0 Å². The van der Waals surface area contributed by atoms with Crippen LogP contribution in [0.4, 0.5) is 5.69 Å². The fourth-order valence-corrected chi connectivity index (χ4v) is 5.89. The van der Waals surface area contributed by atoms with Crippen molar-refractivity contribution in [3.63, 3.8) is 0 Å². The molecule has 6 heteroatoms. The molecule has 4 nitrogen and oxygen atoms in total. The molecule has 1 atom stereocenters. The fraction of sp³-hybridized carbons (Fsp3) is 0.300. The largest absolute Gasteiger partial charge is 0.399 e. The number of benzene rings is 1. The average Bonchev–Trinajstić information content (AvgIpc) is 3.16. The second kappa shape index (κ2) is 6.61. The van der Waals surface area contributed by atoms with E-state index in [1.165, 1.54) is 39.8 Å². The van der Waals surface area contributed by atoms with E-state index in [0.717, 1.165) is 34.1 Å². The smallest absolute Gasteiger partial charge is 0.125 e. The minimum absolute atomic E-state index is 0.646. The molecule has 4 heterocycles. The summed E-state index contributed by atoms with van der Waals surface area (Å²) in [7, 11) is 0. The van der Waals surface area contributed by atoms with Gasteiger partial charge in [-0.25, -0.2) is 9.97 Å². The van der Waals surface area contributed by atoms with Crippen molar-refractivity contribution < 1.29 is 0 Å². The number of anilines is 1. The predicted octanol–water partition coefficient (Wildman–Crippen LogP) is 5.01. The van der Waals surface area contributed by atoms with Crippen LogP contribution in [0.1, 0.15) is 30.1 Å². The molecule has 1 aromatic carbocycles. The summed E-state index contributed by atoms with van der Waals surface area (Å²) >= 11 is 3.57. The summed E-state index contributed by atoms with van der Waals surface area (Å²) in [6.07, 6.45) is 5.63. The first-order valence-electron chi connectivity index (χ1n) is 9.03. The first-order valence-corrected chi connectivity index (χ1v) is 10.7. The number of fused-ring (bicyclic) bond motifs is 2. The molecule has 0 amide bonds. The number of aromatic nitrogens is 2. The third kappa shape index (κ3) is 2.88. The molecule has 0 spiro atoms. The normalized spacial score (nSPS) is 18.4. The molecule has 0 bridgehead atoms. The van der Waals surface area contributed by atoms with Crippen LogP contribution in [0.3, 0.4) is 0 Å². The SMILES string of the molecule is Nc1ccc2sc(-c3ccnc4sc(C5CCCNCC5)cc34)nc2c1. The van der Waals surface area contributed by atoms with Gasteiger partial charge in [-0.3, -0.25) is 0 Å². The summed E-state index contributed by atoms with van der Waals surface area (Å²) < 4.78 is 1.17. The topological polar surface area (TPSA) is 63.8 Å². The quantitative estimate of drug-likeness (QED) is 0.480. The molecule has 5 rings (SSSR count). The number of pyridine rings is 1. The molecule has 0 aliphatic carbocycles. The number of rotatable bonds is 2. The molecule has 3 aromatic heterocycles. The van der Waals surface area contributed by atoms with Crippen molar-refractivity contribution in [2.75, 3.05) is 18.8 Å². The first-order chi connectivity index (χ1) is 12.8. The maximum atomic E-state index is 5.91. The molecule has 26 heavy (non-hydrogen) atoms. The minimum atomic E-state index is 0.646. The number of nitrogens with one attached hydrogen (secondary N) is 1. The minimum Gasteiger partial charge on any atom is -0.399 e. The van der Waals surface area contributed by atoms with Crippen LogP contribution in [-0.4, -0.2) is 23.1 Å². The van der Waals surface area contributed by atoms with E-state index in [4.69, 9.17) is 10.7 Å². The van der Waals surface area contributed by atoms with Gasteiger partial charge in [-0.05, 0) is 68.6 Å². The molecule has 1 aliphatic heterocycles. The highest BCUT2D eigenvalue weighted by molar-refractivity contribution is 7.22. The number of thiazole rings is 1. The lowest BCUT2D eigenvalue weighted by molar-refractivity contribution is 0.619. The van der Waals surface area contributed by atoms with Gasteiger partial charge in [0.1, 0.15) is 9.84 Å².